The zero-order chi connectivity index (χ0) is 18.9. The molecular formula is C20H40B2O4. The van der Waals surface area contributed by atoms with Crippen LogP contribution in [0.15, 0.2) is 0 Å². The molecule has 0 aromatic heterocycles. The summed E-state index contributed by atoms with van der Waals surface area (Å²) in [6.07, 6.45) is 13.8. The lowest BCUT2D eigenvalue weighted by atomic mass is 9.49. The van der Waals surface area contributed by atoms with E-state index < -0.39 is 0 Å². The average molecular weight is 366 g/mol. The Kier molecular flexibility index (Phi) is 9.49. The minimum Gasteiger partial charge on any atom is -0.411 e. The van der Waals surface area contributed by atoms with E-state index in [1.165, 1.54) is 51.4 Å². The summed E-state index contributed by atoms with van der Waals surface area (Å²) in [5.41, 5.74) is -0.382. The fourth-order valence-corrected chi connectivity index (χ4v) is 4.57. The monoisotopic (exact) mass is 366 g/mol. The minimum atomic E-state index is -0.375. The summed E-state index contributed by atoms with van der Waals surface area (Å²) in [6, 6.07) is 0. The molecule has 150 valence electrons. The molecule has 0 spiro atoms. The normalized spacial score (nSPS) is 21.7. The second kappa shape index (κ2) is 11.1. The van der Waals surface area contributed by atoms with Crippen LogP contribution in [-0.2, 0) is 18.6 Å². The van der Waals surface area contributed by atoms with Crippen molar-refractivity contribution in [3.05, 3.63) is 0 Å². The fourth-order valence-electron chi connectivity index (χ4n) is 4.57. The second-order valence-electron chi connectivity index (χ2n) is 8.12. The standard InChI is InChI=1S/C20H40B2O4/c1-5-9-13-19(14-10-6-2)20(15-11-7-3,16-12-8-4)26-22(25-19)21-23-17-18-24-21/h5-18H2,1-4H3. The van der Waals surface area contributed by atoms with Gasteiger partial charge in [-0.2, -0.15) is 0 Å². The van der Waals surface area contributed by atoms with Gasteiger partial charge in [-0.25, -0.2) is 0 Å². The first kappa shape index (κ1) is 22.3. The van der Waals surface area contributed by atoms with Crippen molar-refractivity contribution in [3.63, 3.8) is 0 Å². The molecule has 6 heteroatoms. The Morgan fingerprint density at radius 3 is 1.23 bits per heavy atom. The molecule has 0 atom stereocenters. The van der Waals surface area contributed by atoms with Gasteiger partial charge in [0, 0.05) is 0 Å². The molecule has 2 saturated heterocycles. The zero-order valence-electron chi connectivity index (χ0n) is 17.7. The summed E-state index contributed by atoms with van der Waals surface area (Å²) in [6.45, 7) is 10.4. The third-order valence-electron chi connectivity index (χ3n) is 6.12. The first-order chi connectivity index (χ1) is 12.7. The molecular weight excluding hydrogens is 326 g/mol. The van der Waals surface area contributed by atoms with Gasteiger partial charge in [0.15, 0.2) is 0 Å². The van der Waals surface area contributed by atoms with Gasteiger partial charge in [-0.1, -0.05) is 79.1 Å². The van der Waals surface area contributed by atoms with Crippen molar-refractivity contribution in [2.75, 3.05) is 13.2 Å². The van der Waals surface area contributed by atoms with Crippen molar-refractivity contribution in [2.24, 2.45) is 0 Å². The SMILES string of the molecule is CCCCC1(CCCC)OB(B2OCCO2)OC1(CCCC)CCCC. The highest BCUT2D eigenvalue weighted by Gasteiger charge is 2.64. The maximum absolute atomic E-state index is 6.78. The van der Waals surface area contributed by atoms with Crippen LogP contribution in [0.1, 0.15) is 105 Å². The third-order valence-corrected chi connectivity index (χ3v) is 6.12. The van der Waals surface area contributed by atoms with E-state index in [1.807, 2.05) is 0 Å². The molecule has 2 fully saturated rings. The molecule has 0 radical (unpaired) electrons. The van der Waals surface area contributed by atoms with Gasteiger partial charge >= 0.3 is 14.0 Å². The van der Waals surface area contributed by atoms with Crippen LogP contribution in [0.25, 0.3) is 0 Å². The molecule has 0 N–H and O–H groups in total. The van der Waals surface area contributed by atoms with Crippen LogP contribution < -0.4 is 0 Å². The van der Waals surface area contributed by atoms with Gasteiger partial charge in [0.2, 0.25) is 0 Å². The largest absolute Gasteiger partial charge is 0.488 e. The molecule has 2 rings (SSSR count). The van der Waals surface area contributed by atoms with E-state index >= 15 is 0 Å². The molecule has 0 unspecified atom stereocenters. The van der Waals surface area contributed by atoms with E-state index in [4.69, 9.17) is 18.6 Å². The van der Waals surface area contributed by atoms with Gasteiger partial charge in [-0.05, 0) is 25.7 Å². The Bertz CT molecular complexity index is 344. The van der Waals surface area contributed by atoms with Crippen LogP contribution in [0, 0.1) is 0 Å². The van der Waals surface area contributed by atoms with Crippen LogP contribution in [0.3, 0.4) is 0 Å². The fraction of sp³-hybridized carbons (Fsp3) is 1.00. The van der Waals surface area contributed by atoms with Crippen LogP contribution in [0.5, 0.6) is 0 Å². The quantitative estimate of drug-likeness (QED) is 0.411. The summed E-state index contributed by atoms with van der Waals surface area (Å²) in [5, 5.41) is 0. The van der Waals surface area contributed by atoms with Crippen LogP contribution in [-0.4, -0.2) is 38.4 Å². The number of unbranched alkanes of at least 4 members (excludes halogenated alkanes) is 4. The van der Waals surface area contributed by atoms with Crippen LogP contribution >= 0.6 is 0 Å². The molecule has 2 aliphatic heterocycles. The summed E-state index contributed by atoms with van der Waals surface area (Å²) >= 11 is 0. The van der Waals surface area contributed by atoms with E-state index in [0.29, 0.717) is 13.2 Å². The highest BCUT2D eigenvalue weighted by molar-refractivity contribution is 7.11. The predicted molar refractivity (Wildman–Crippen MR) is 109 cm³/mol. The lowest BCUT2D eigenvalue weighted by molar-refractivity contribution is -0.0761. The summed E-state index contributed by atoms with van der Waals surface area (Å²) in [7, 11) is -0.734. The van der Waals surface area contributed by atoms with Crippen molar-refractivity contribution < 1.29 is 18.6 Å². The lowest BCUT2D eigenvalue weighted by Crippen LogP contribution is -2.52. The van der Waals surface area contributed by atoms with E-state index in [0.717, 1.165) is 25.7 Å². The van der Waals surface area contributed by atoms with Crippen molar-refractivity contribution in [3.8, 4) is 0 Å². The molecule has 2 aliphatic rings. The molecule has 0 saturated carbocycles. The first-order valence-electron chi connectivity index (χ1n) is 11.3. The number of hydrogen-bond acceptors (Lipinski definition) is 4. The molecule has 0 bridgehead atoms. The Morgan fingerprint density at radius 1 is 0.577 bits per heavy atom. The topological polar surface area (TPSA) is 36.9 Å². The lowest BCUT2D eigenvalue weighted by Gasteiger charge is -2.45. The molecule has 4 nitrogen and oxygen atoms in total. The highest BCUT2D eigenvalue weighted by Crippen LogP contribution is 2.50. The van der Waals surface area contributed by atoms with E-state index in [-0.39, 0.29) is 25.2 Å². The average Bonchev–Trinajstić information content (AvgIpc) is 3.29. The minimum absolute atomic E-state index is 0.191. The maximum Gasteiger partial charge on any atom is 0.488 e. The molecule has 0 amide bonds. The molecule has 2 heterocycles. The second-order valence-corrected chi connectivity index (χ2v) is 8.12. The van der Waals surface area contributed by atoms with Gasteiger partial charge in [0.1, 0.15) is 0 Å². The summed E-state index contributed by atoms with van der Waals surface area (Å²) < 4.78 is 25.1. The van der Waals surface area contributed by atoms with Gasteiger partial charge < -0.3 is 18.6 Å². The maximum atomic E-state index is 6.78. The molecule has 0 aliphatic carbocycles. The van der Waals surface area contributed by atoms with Crippen LogP contribution in [0.2, 0.25) is 0 Å². The van der Waals surface area contributed by atoms with Gasteiger partial charge in [0.05, 0.1) is 24.4 Å². The van der Waals surface area contributed by atoms with Gasteiger partial charge in [-0.15, -0.1) is 0 Å². The molecule has 0 aromatic rings. The Hall–Kier alpha value is -0.0301. The highest BCUT2D eigenvalue weighted by atomic mass is 16.7. The predicted octanol–water partition coefficient (Wildman–Crippen LogP) is 5.37. The Labute approximate surface area is 162 Å². The third kappa shape index (κ3) is 5.06. The first-order valence-corrected chi connectivity index (χ1v) is 11.3. The smallest absolute Gasteiger partial charge is 0.411 e. The van der Waals surface area contributed by atoms with Crippen molar-refractivity contribution in [2.45, 2.75) is 116 Å². The van der Waals surface area contributed by atoms with Crippen LogP contribution in [0.4, 0.5) is 0 Å². The summed E-state index contributed by atoms with van der Waals surface area (Å²) in [5.74, 6) is 0. The van der Waals surface area contributed by atoms with Crippen molar-refractivity contribution >= 4 is 14.0 Å². The van der Waals surface area contributed by atoms with E-state index in [1.54, 1.807) is 0 Å². The van der Waals surface area contributed by atoms with Crippen molar-refractivity contribution in [1.82, 2.24) is 0 Å². The Morgan fingerprint density at radius 2 is 0.923 bits per heavy atom. The molecule has 26 heavy (non-hydrogen) atoms. The number of rotatable bonds is 13. The van der Waals surface area contributed by atoms with Crippen molar-refractivity contribution in [1.29, 1.82) is 0 Å². The van der Waals surface area contributed by atoms with Gasteiger partial charge in [0.25, 0.3) is 0 Å². The molecule has 0 aromatic carbocycles. The number of hydrogen-bond donors (Lipinski definition) is 0. The van der Waals surface area contributed by atoms with Gasteiger partial charge in [-0.3, -0.25) is 0 Å². The zero-order valence-corrected chi connectivity index (χ0v) is 17.7. The van der Waals surface area contributed by atoms with E-state index in [2.05, 4.69) is 27.7 Å². The van der Waals surface area contributed by atoms with E-state index in [9.17, 15) is 0 Å². The summed E-state index contributed by atoms with van der Waals surface area (Å²) in [4.78, 5) is 0. The Balaban J connectivity index is 2.31.